The van der Waals surface area contributed by atoms with Crippen LogP contribution in [0.25, 0.3) is 23.3 Å². The van der Waals surface area contributed by atoms with Crippen molar-refractivity contribution in [2.24, 2.45) is 0 Å². The van der Waals surface area contributed by atoms with E-state index in [0.717, 1.165) is 28.9 Å². The Morgan fingerprint density at radius 1 is 0.434 bits per heavy atom. The molecule has 1 aliphatic rings. The highest BCUT2D eigenvalue weighted by molar-refractivity contribution is 5.92. The fourth-order valence-corrected chi connectivity index (χ4v) is 7.42. The Hall–Kier alpha value is -6.44. The lowest BCUT2D eigenvalue weighted by molar-refractivity contribution is 0.685. The van der Waals surface area contributed by atoms with Gasteiger partial charge < -0.3 is 4.90 Å². The molecule has 0 heterocycles. The van der Waals surface area contributed by atoms with Gasteiger partial charge in [0.2, 0.25) is 0 Å². The number of hydrogen-bond donors (Lipinski definition) is 0. The van der Waals surface area contributed by atoms with E-state index in [0.29, 0.717) is 0 Å². The molecule has 0 amide bonds. The van der Waals surface area contributed by atoms with E-state index in [-0.39, 0.29) is 0 Å². The molecule has 53 heavy (non-hydrogen) atoms. The van der Waals surface area contributed by atoms with Gasteiger partial charge in [0.15, 0.2) is 0 Å². The predicted molar refractivity (Wildman–Crippen MR) is 227 cm³/mol. The molecule has 256 valence electrons. The number of anilines is 3. The zero-order chi connectivity index (χ0) is 35.7. The zero-order valence-electron chi connectivity index (χ0n) is 30.0. The summed E-state index contributed by atoms with van der Waals surface area (Å²) in [5.41, 5.74) is 15.9. The quantitative estimate of drug-likeness (QED) is 0.103. The highest BCUT2D eigenvalue weighted by Gasteiger charge is 2.18. The van der Waals surface area contributed by atoms with Crippen molar-refractivity contribution < 1.29 is 0 Å². The number of fused-ring (bicyclic) bond motifs is 1. The fraction of sp³-hybridized carbons (Fsp3) is 0.0769. The lowest BCUT2D eigenvalue weighted by atomic mass is 9.91. The van der Waals surface area contributed by atoms with E-state index in [1.165, 1.54) is 69.5 Å². The Bertz CT molecular complexity index is 2270. The maximum atomic E-state index is 2.43. The molecule has 1 nitrogen and oxygen atoms in total. The third-order valence-corrected chi connectivity index (χ3v) is 10.1. The van der Waals surface area contributed by atoms with Crippen molar-refractivity contribution in [3.63, 3.8) is 0 Å². The number of aryl methyl sites for hydroxylation is 2. The van der Waals surface area contributed by atoms with Gasteiger partial charge >= 0.3 is 0 Å². The minimum absolute atomic E-state index is 1.13. The summed E-state index contributed by atoms with van der Waals surface area (Å²) in [4.78, 5) is 2.43. The maximum Gasteiger partial charge on any atom is 0.0533 e. The summed E-state index contributed by atoms with van der Waals surface area (Å²) in [6.07, 6.45) is 13.8. The number of hydrogen-bond acceptors (Lipinski definition) is 1. The molecule has 7 aromatic rings. The van der Waals surface area contributed by atoms with Gasteiger partial charge in [-0.2, -0.15) is 0 Å². The van der Waals surface area contributed by atoms with Crippen LogP contribution in [-0.4, -0.2) is 0 Å². The molecular formula is C52H43N. The Labute approximate surface area is 314 Å². The van der Waals surface area contributed by atoms with Crippen LogP contribution in [-0.2, 0) is 12.8 Å². The third kappa shape index (κ3) is 7.91. The molecule has 0 radical (unpaired) electrons. The second-order valence-electron chi connectivity index (χ2n) is 13.6. The molecule has 1 heteroatoms. The molecule has 0 N–H and O–H groups in total. The van der Waals surface area contributed by atoms with Crippen LogP contribution >= 0.6 is 0 Å². The first-order valence-electron chi connectivity index (χ1n) is 18.7. The van der Waals surface area contributed by atoms with E-state index in [4.69, 9.17) is 0 Å². The van der Waals surface area contributed by atoms with Crippen LogP contribution in [0, 0.1) is 0 Å². The molecule has 0 atom stereocenters. The van der Waals surface area contributed by atoms with Crippen molar-refractivity contribution in [3.05, 3.63) is 245 Å². The van der Waals surface area contributed by atoms with Crippen LogP contribution < -0.4 is 4.90 Å². The Morgan fingerprint density at radius 3 is 1.51 bits per heavy atom. The van der Waals surface area contributed by atoms with Crippen molar-refractivity contribution >= 4 is 40.4 Å². The van der Waals surface area contributed by atoms with E-state index >= 15 is 0 Å². The van der Waals surface area contributed by atoms with E-state index in [2.05, 4.69) is 217 Å². The van der Waals surface area contributed by atoms with Crippen molar-refractivity contribution in [3.8, 4) is 0 Å². The predicted octanol–water partition coefficient (Wildman–Crippen LogP) is 13.8. The second kappa shape index (κ2) is 16.3. The third-order valence-electron chi connectivity index (χ3n) is 10.1. The minimum atomic E-state index is 1.13. The lowest BCUT2D eigenvalue weighted by Crippen LogP contribution is -2.13. The topological polar surface area (TPSA) is 3.24 Å². The van der Waals surface area contributed by atoms with E-state index in [1.54, 1.807) is 0 Å². The van der Waals surface area contributed by atoms with Gasteiger partial charge in [-0.15, -0.1) is 0 Å². The van der Waals surface area contributed by atoms with Gasteiger partial charge in [-0.1, -0.05) is 176 Å². The monoisotopic (exact) mass is 681 g/mol. The smallest absolute Gasteiger partial charge is 0.0533 e. The lowest BCUT2D eigenvalue weighted by Gasteiger charge is -2.29. The summed E-state index contributed by atoms with van der Waals surface area (Å²) in [6, 6.07) is 67.5. The van der Waals surface area contributed by atoms with Gasteiger partial charge in [0.1, 0.15) is 0 Å². The summed E-state index contributed by atoms with van der Waals surface area (Å²) >= 11 is 0. The largest absolute Gasteiger partial charge is 0.310 e. The van der Waals surface area contributed by atoms with E-state index in [1.807, 2.05) is 0 Å². The Morgan fingerprint density at radius 2 is 0.925 bits per heavy atom. The normalized spacial score (nSPS) is 12.2. The Kier molecular flexibility index (Phi) is 10.3. The highest BCUT2D eigenvalue weighted by Crippen LogP contribution is 2.39. The summed E-state index contributed by atoms with van der Waals surface area (Å²) in [7, 11) is 0. The van der Waals surface area contributed by atoms with E-state index < -0.39 is 0 Å². The molecule has 0 aliphatic heterocycles. The van der Waals surface area contributed by atoms with E-state index in [9.17, 15) is 0 Å². The van der Waals surface area contributed by atoms with Gasteiger partial charge in [0.25, 0.3) is 0 Å². The standard InChI is InChI=1S/C52H43N/c1-5-19-42(20-6-1)50(43-21-7-2-8-22-43)30-17-29-46-27-15-16-31-52(46)53(49-37-34-41-18-13-14-28-47(41)39-49)48-35-32-40(33-36-48)38-51(44-23-9-3-10-24-44)45-25-11-4-12-26-45/h1-12,15-17,19-27,29-39H,13-14,18,28H2/b29-17+. The summed E-state index contributed by atoms with van der Waals surface area (Å²) in [5.74, 6) is 0. The first kappa shape index (κ1) is 33.7. The number of nitrogens with zero attached hydrogens (tertiary/aromatic N) is 1. The minimum Gasteiger partial charge on any atom is -0.310 e. The van der Waals surface area contributed by atoms with Crippen molar-refractivity contribution in [1.29, 1.82) is 0 Å². The molecule has 8 rings (SSSR count). The summed E-state index contributed by atoms with van der Waals surface area (Å²) in [6.45, 7) is 0. The number of benzene rings is 7. The molecular weight excluding hydrogens is 639 g/mol. The van der Waals surface area contributed by atoms with Crippen molar-refractivity contribution in [1.82, 2.24) is 0 Å². The zero-order valence-corrected chi connectivity index (χ0v) is 30.0. The number of allylic oxidation sites excluding steroid dienone is 2. The number of rotatable bonds is 10. The maximum absolute atomic E-state index is 2.43. The molecule has 1 aliphatic carbocycles. The van der Waals surface area contributed by atoms with Crippen LogP contribution in [0.1, 0.15) is 57.3 Å². The van der Waals surface area contributed by atoms with Crippen LogP contribution in [0.4, 0.5) is 17.1 Å². The van der Waals surface area contributed by atoms with Crippen LogP contribution in [0.5, 0.6) is 0 Å². The van der Waals surface area contributed by atoms with Crippen LogP contribution in [0.3, 0.4) is 0 Å². The summed E-state index contributed by atoms with van der Waals surface area (Å²) < 4.78 is 0. The molecule has 0 fully saturated rings. The summed E-state index contributed by atoms with van der Waals surface area (Å²) in [5, 5.41) is 0. The fourth-order valence-electron chi connectivity index (χ4n) is 7.42. The SMILES string of the molecule is C(/C=C/c1ccccc1N(c1ccc(C=C(c2ccccc2)c2ccccc2)cc1)c1ccc2c(c1)CCCC2)=C(c1ccccc1)c1ccccc1. The van der Waals surface area contributed by atoms with Crippen molar-refractivity contribution in [2.45, 2.75) is 25.7 Å². The average Bonchev–Trinajstić information content (AvgIpc) is 3.24. The average molecular weight is 682 g/mol. The molecule has 0 spiro atoms. The first-order valence-corrected chi connectivity index (χ1v) is 18.7. The molecule has 0 saturated carbocycles. The van der Waals surface area contributed by atoms with Gasteiger partial charge in [-0.05, 0) is 118 Å². The molecule has 7 aromatic carbocycles. The highest BCUT2D eigenvalue weighted by atomic mass is 15.1. The second-order valence-corrected chi connectivity index (χ2v) is 13.6. The van der Waals surface area contributed by atoms with Gasteiger partial charge in [0, 0.05) is 11.4 Å². The van der Waals surface area contributed by atoms with Crippen LogP contribution in [0.2, 0.25) is 0 Å². The molecule has 0 bridgehead atoms. The number of para-hydroxylation sites is 1. The van der Waals surface area contributed by atoms with Gasteiger partial charge in [0.05, 0.1) is 5.69 Å². The molecule has 0 aromatic heterocycles. The first-order chi connectivity index (χ1) is 26.3. The van der Waals surface area contributed by atoms with Crippen molar-refractivity contribution in [2.75, 3.05) is 4.90 Å². The molecule has 0 saturated heterocycles. The van der Waals surface area contributed by atoms with Gasteiger partial charge in [-0.3, -0.25) is 0 Å². The molecule has 0 unspecified atom stereocenters. The Balaban J connectivity index is 1.20. The van der Waals surface area contributed by atoms with Gasteiger partial charge in [-0.25, -0.2) is 0 Å². The van der Waals surface area contributed by atoms with Crippen LogP contribution in [0.15, 0.2) is 200 Å².